The van der Waals surface area contributed by atoms with Crippen LogP contribution in [0.15, 0.2) is 36.4 Å². The Morgan fingerprint density at radius 3 is 2.35 bits per heavy atom. The van der Waals surface area contributed by atoms with E-state index in [0.29, 0.717) is 6.07 Å². The number of hydrogen-bond acceptors (Lipinski definition) is 6. The average molecular weight is 364 g/mol. The molecular weight excluding hydrogens is 350 g/mol. The highest BCUT2D eigenvalue weighted by atomic mass is 19.2. The van der Waals surface area contributed by atoms with Gasteiger partial charge in [0.05, 0.1) is 10.5 Å². The van der Waals surface area contributed by atoms with E-state index in [-0.39, 0.29) is 22.5 Å². The molecule has 2 aromatic rings. The standard InChI is InChI=1S/C17H14F2N2O5/c1-9(16(22)10-3-5-12(18)13(19)7-10)26-17(23)11-4-6-14(20-2)15(8-11)21(24)25/h3-9,20H,1-2H3. The minimum absolute atomic E-state index is 0.124. The smallest absolute Gasteiger partial charge is 0.339 e. The van der Waals surface area contributed by atoms with E-state index in [1.165, 1.54) is 26.1 Å². The number of anilines is 1. The van der Waals surface area contributed by atoms with Crippen LogP contribution in [0, 0.1) is 21.7 Å². The summed E-state index contributed by atoms with van der Waals surface area (Å²) < 4.78 is 31.1. The number of nitrogens with zero attached hydrogens (tertiary/aromatic N) is 1. The molecule has 1 atom stereocenters. The Morgan fingerprint density at radius 1 is 1.12 bits per heavy atom. The van der Waals surface area contributed by atoms with Gasteiger partial charge in [0, 0.05) is 18.7 Å². The Labute approximate surface area is 146 Å². The van der Waals surface area contributed by atoms with Crippen LogP contribution in [0.5, 0.6) is 0 Å². The lowest BCUT2D eigenvalue weighted by Crippen LogP contribution is -2.24. The lowest BCUT2D eigenvalue weighted by molar-refractivity contribution is -0.384. The van der Waals surface area contributed by atoms with Gasteiger partial charge in [-0.05, 0) is 37.3 Å². The second-order valence-electron chi connectivity index (χ2n) is 5.28. The summed E-state index contributed by atoms with van der Waals surface area (Å²) in [5.74, 6) is -4.01. The molecule has 1 N–H and O–H groups in total. The normalized spacial score (nSPS) is 11.5. The Morgan fingerprint density at radius 2 is 1.77 bits per heavy atom. The maximum atomic E-state index is 13.2. The Kier molecular flexibility index (Phi) is 5.61. The molecule has 0 bridgehead atoms. The lowest BCUT2D eigenvalue weighted by Gasteiger charge is -2.13. The summed E-state index contributed by atoms with van der Waals surface area (Å²) in [5.41, 5.74) is -0.416. The molecule has 0 aliphatic heterocycles. The van der Waals surface area contributed by atoms with E-state index in [1.807, 2.05) is 0 Å². The number of carbonyl (C=O) groups is 2. The third-order valence-corrected chi connectivity index (χ3v) is 3.56. The van der Waals surface area contributed by atoms with Gasteiger partial charge in [0.25, 0.3) is 5.69 Å². The van der Waals surface area contributed by atoms with Crippen molar-refractivity contribution in [2.75, 3.05) is 12.4 Å². The van der Waals surface area contributed by atoms with Crippen molar-refractivity contribution < 1.29 is 28.0 Å². The van der Waals surface area contributed by atoms with Crippen molar-refractivity contribution in [2.24, 2.45) is 0 Å². The molecule has 0 fully saturated rings. The molecule has 0 aliphatic rings. The van der Waals surface area contributed by atoms with Gasteiger partial charge in [-0.1, -0.05) is 0 Å². The third-order valence-electron chi connectivity index (χ3n) is 3.56. The molecular formula is C17H14F2N2O5. The molecule has 7 nitrogen and oxygen atoms in total. The molecule has 0 radical (unpaired) electrons. The Bertz CT molecular complexity index is 885. The van der Waals surface area contributed by atoms with E-state index < -0.39 is 34.4 Å². The van der Waals surface area contributed by atoms with E-state index in [9.17, 15) is 28.5 Å². The van der Waals surface area contributed by atoms with Crippen molar-refractivity contribution in [1.82, 2.24) is 0 Å². The summed E-state index contributed by atoms with van der Waals surface area (Å²) in [6.07, 6.45) is -1.30. The lowest BCUT2D eigenvalue weighted by atomic mass is 10.1. The largest absolute Gasteiger partial charge is 0.451 e. The fraction of sp³-hybridized carbons (Fsp3) is 0.176. The summed E-state index contributed by atoms with van der Waals surface area (Å²) in [6, 6.07) is 6.21. The molecule has 2 aromatic carbocycles. The van der Waals surface area contributed by atoms with Gasteiger partial charge >= 0.3 is 5.97 Å². The molecule has 0 saturated carbocycles. The zero-order chi connectivity index (χ0) is 19.4. The Hall–Kier alpha value is -3.36. The fourth-order valence-electron chi connectivity index (χ4n) is 2.19. The van der Waals surface area contributed by atoms with Gasteiger partial charge in [0.1, 0.15) is 5.69 Å². The van der Waals surface area contributed by atoms with Crippen LogP contribution in [0.2, 0.25) is 0 Å². The minimum Gasteiger partial charge on any atom is -0.451 e. The second kappa shape index (κ2) is 7.68. The molecule has 136 valence electrons. The number of esters is 1. The molecule has 1 unspecified atom stereocenters. The van der Waals surface area contributed by atoms with Gasteiger partial charge in [0.15, 0.2) is 17.7 Å². The van der Waals surface area contributed by atoms with Crippen molar-refractivity contribution in [3.63, 3.8) is 0 Å². The Balaban J connectivity index is 2.18. The first-order valence-corrected chi connectivity index (χ1v) is 7.41. The topological polar surface area (TPSA) is 98.5 Å². The van der Waals surface area contributed by atoms with Crippen LogP contribution in [-0.2, 0) is 4.74 Å². The van der Waals surface area contributed by atoms with E-state index >= 15 is 0 Å². The zero-order valence-corrected chi connectivity index (χ0v) is 13.8. The summed E-state index contributed by atoms with van der Waals surface area (Å²) in [5, 5.41) is 13.6. The van der Waals surface area contributed by atoms with Crippen LogP contribution in [-0.4, -0.2) is 29.8 Å². The van der Waals surface area contributed by atoms with E-state index in [2.05, 4.69) is 5.32 Å². The van der Waals surface area contributed by atoms with Crippen LogP contribution in [0.25, 0.3) is 0 Å². The molecule has 9 heteroatoms. The van der Waals surface area contributed by atoms with Crippen molar-refractivity contribution in [3.8, 4) is 0 Å². The van der Waals surface area contributed by atoms with Gasteiger partial charge in [-0.3, -0.25) is 14.9 Å². The predicted octanol–water partition coefficient (Wildman–Crippen LogP) is 3.34. The number of halogens is 2. The third kappa shape index (κ3) is 4.00. The van der Waals surface area contributed by atoms with Crippen LogP contribution < -0.4 is 5.32 Å². The number of ketones is 1. The molecule has 0 aromatic heterocycles. The number of ether oxygens (including phenoxy) is 1. The quantitative estimate of drug-likeness (QED) is 0.365. The first-order chi connectivity index (χ1) is 12.2. The highest BCUT2D eigenvalue weighted by molar-refractivity contribution is 6.01. The van der Waals surface area contributed by atoms with Crippen LogP contribution in [0.4, 0.5) is 20.2 Å². The maximum absolute atomic E-state index is 13.2. The molecule has 0 aliphatic carbocycles. The highest BCUT2D eigenvalue weighted by Crippen LogP contribution is 2.25. The van der Waals surface area contributed by atoms with Gasteiger partial charge in [-0.25, -0.2) is 13.6 Å². The van der Waals surface area contributed by atoms with E-state index in [4.69, 9.17) is 4.74 Å². The number of nitro groups is 1. The molecule has 0 saturated heterocycles. The highest BCUT2D eigenvalue weighted by Gasteiger charge is 2.23. The first-order valence-electron chi connectivity index (χ1n) is 7.41. The number of carbonyl (C=O) groups excluding carboxylic acids is 2. The van der Waals surface area contributed by atoms with E-state index in [1.54, 1.807) is 0 Å². The number of hydrogen-bond donors (Lipinski definition) is 1. The van der Waals surface area contributed by atoms with Gasteiger partial charge in [-0.2, -0.15) is 0 Å². The number of rotatable bonds is 6. The first kappa shape index (κ1) is 19.0. The van der Waals surface area contributed by atoms with Gasteiger partial charge in [0.2, 0.25) is 5.78 Å². The van der Waals surface area contributed by atoms with Crippen LogP contribution in [0.1, 0.15) is 27.6 Å². The summed E-state index contributed by atoms with van der Waals surface area (Å²) in [6.45, 7) is 1.26. The van der Waals surface area contributed by atoms with E-state index in [0.717, 1.165) is 18.2 Å². The summed E-state index contributed by atoms with van der Waals surface area (Å²) >= 11 is 0. The predicted molar refractivity (Wildman–Crippen MR) is 88.2 cm³/mol. The summed E-state index contributed by atoms with van der Waals surface area (Å²) in [7, 11) is 1.49. The zero-order valence-electron chi connectivity index (χ0n) is 13.8. The summed E-state index contributed by atoms with van der Waals surface area (Å²) in [4.78, 5) is 34.7. The minimum atomic E-state index is -1.30. The molecule has 0 amide bonds. The van der Waals surface area contributed by atoms with Crippen LogP contribution >= 0.6 is 0 Å². The molecule has 0 spiro atoms. The second-order valence-corrected chi connectivity index (χ2v) is 5.28. The van der Waals surface area contributed by atoms with Gasteiger partial charge in [-0.15, -0.1) is 0 Å². The molecule has 2 rings (SSSR count). The van der Waals surface area contributed by atoms with Crippen molar-refractivity contribution >= 4 is 23.1 Å². The fourth-order valence-corrected chi connectivity index (χ4v) is 2.19. The van der Waals surface area contributed by atoms with Crippen molar-refractivity contribution in [1.29, 1.82) is 0 Å². The molecule has 0 heterocycles. The monoisotopic (exact) mass is 364 g/mol. The number of nitrogens with one attached hydrogen (secondary N) is 1. The average Bonchev–Trinajstić information content (AvgIpc) is 2.62. The number of benzene rings is 2. The van der Waals surface area contributed by atoms with Crippen LogP contribution in [0.3, 0.4) is 0 Å². The van der Waals surface area contributed by atoms with Gasteiger partial charge < -0.3 is 10.1 Å². The molecule has 26 heavy (non-hydrogen) atoms. The maximum Gasteiger partial charge on any atom is 0.339 e. The van der Waals surface area contributed by atoms with Crippen molar-refractivity contribution in [2.45, 2.75) is 13.0 Å². The number of Topliss-reactive ketones (excluding diaryl/α,β-unsaturated/α-hetero) is 1. The number of nitro benzene ring substituents is 1. The van der Waals surface area contributed by atoms with Crippen molar-refractivity contribution in [3.05, 3.63) is 69.3 Å². The SMILES string of the molecule is CNc1ccc(C(=O)OC(C)C(=O)c2ccc(F)c(F)c2)cc1[N+](=O)[O-].